The minimum atomic E-state index is 0.111. The van der Waals surface area contributed by atoms with Crippen LogP contribution in [0.2, 0.25) is 0 Å². The molecule has 3 aromatic carbocycles. The van der Waals surface area contributed by atoms with Gasteiger partial charge in [-0.15, -0.1) is 0 Å². The molecule has 1 N–H and O–H groups in total. The summed E-state index contributed by atoms with van der Waals surface area (Å²) in [6.45, 7) is 4.95. The average Bonchev–Trinajstić information content (AvgIpc) is 3.72. The Morgan fingerprint density at radius 2 is 1.66 bits per heavy atom. The molecule has 44 heavy (non-hydrogen) atoms. The molecule has 2 atom stereocenters. The highest BCUT2D eigenvalue weighted by atomic mass is 16.2. The second-order valence-electron chi connectivity index (χ2n) is 13.5. The van der Waals surface area contributed by atoms with Crippen molar-refractivity contribution in [3.05, 3.63) is 96.1 Å². The number of hydrogen-bond acceptors (Lipinski definition) is 4. The van der Waals surface area contributed by atoms with Gasteiger partial charge < -0.3 is 14.5 Å². The Hall–Kier alpha value is -3.97. The fourth-order valence-corrected chi connectivity index (χ4v) is 8.82. The quantitative estimate of drug-likeness (QED) is 0.234. The fraction of sp³-hybridized carbons (Fsp3) is 0.432. The molecule has 8 rings (SSSR count). The molecule has 0 radical (unpaired) electrons. The van der Waals surface area contributed by atoms with E-state index in [1.165, 1.54) is 36.8 Å². The average molecular weight is 587 g/mol. The Labute approximate surface area is 259 Å². The van der Waals surface area contributed by atoms with Crippen LogP contribution < -0.4 is 0 Å². The number of carbonyl (C=O) groups excluding carboxylic acids is 1. The number of imidazole rings is 2. The third-order valence-electron chi connectivity index (χ3n) is 11.1. The van der Waals surface area contributed by atoms with Gasteiger partial charge in [-0.1, -0.05) is 48.5 Å². The maximum atomic E-state index is 13.4. The van der Waals surface area contributed by atoms with Crippen LogP contribution in [0.25, 0.3) is 22.1 Å². The Kier molecular flexibility index (Phi) is 7.01. The second kappa shape index (κ2) is 11.2. The summed E-state index contributed by atoms with van der Waals surface area (Å²) in [6.07, 6.45) is 10.4. The minimum Gasteiger partial charge on any atom is -0.345 e. The number of H-pyrrole nitrogens is 1. The van der Waals surface area contributed by atoms with Crippen molar-refractivity contribution in [3.8, 4) is 0 Å². The van der Waals surface area contributed by atoms with Crippen molar-refractivity contribution in [1.29, 1.82) is 0 Å². The summed E-state index contributed by atoms with van der Waals surface area (Å²) in [5.41, 5.74) is 6.92. The van der Waals surface area contributed by atoms with Gasteiger partial charge in [-0.3, -0.25) is 9.69 Å². The molecule has 2 unspecified atom stereocenters. The number of aromatic nitrogens is 4. The lowest BCUT2D eigenvalue weighted by Crippen LogP contribution is -2.49. The molecule has 2 bridgehead atoms. The number of hydrogen-bond donors (Lipinski definition) is 1. The largest absolute Gasteiger partial charge is 0.345 e. The minimum absolute atomic E-state index is 0.111. The van der Waals surface area contributed by atoms with E-state index in [-0.39, 0.29) is 11.3 Å². The molecule has 2 aromatic heterocycles. The van der Waals surface area contributed by atoms with Crippen molar-refractivity contribution in [1.82, 2.24) is 29.3 Å². The molecule has 0 saturated carbocycles. The zero-order valence-electron chi connectivity index (χ0n) is 25.7. The van der Waals surface area contributed by atoms with Crippen LogP contribution in [0.5, 0.6) is 0 Å². The van der Waals surface area contributed by atoms with Gasteiger partial charge in [0.25, 0.3) is 0 Å². The Balaban J connectivity index is 0.952. The summed E-state index contributed by atoms with van der Waals surface area (Å²) < 4.78 is 2.53. The first-order valence-electron chi connectivity index (χ1n) is 16.5. The molecular weight excluding hydrogens is 544 g/mol. The first kappa shape index (κ1) is 27.6. The molecule has 226 valence electrons. The molecule has 7 heteroatoms. The molecule has 3 fully saturated rings. The monoisotopic (exact) mass is 586 g/mol. The van der Waals surface area contributed by atoms with Crippen molar-refractivity contribution in [2.45, 2.75) is 81.8 Å². The van der Waals surface area contributed by atoms with E-state index < -0.39 is 0 Å². The topological polar surface area (TPSA) is 70.1 Å². The lowest BCUT2D eigenvalue weighted by molar-refractivity contribution is -0.132. The summed E-state index contributed by atoms with van der Waals surface area (Å²) >= 11 is 0. The molecule has 0 spiro atoms. The Morgan fingerprint density at radius 1 is 0.909 bits per heavy atom. The number of piperidine rings is 2. The molecule has 0 aliphatic carbocycles. The number of fused-ring (bicyclic) bond motifs is 4. The third kappa shape index (κ3) is 4.91. The molecule has 3 aliphatic heterocycles. The molecule has 1 amide bonds. The highest BCUT2D eigenvalue weighted by molar-refractivity contribution is 5.82. The first-order valence-corrected chi connectivity index (χ1v) is 16.5. The molecule has 7 nitrogen and oxygen atoms in total. The molecule has 5 heterocycles. The number of para-hydroxylation sites is 2. The number of nitrogens with one attached hydrogen (secondary N) is 1. The number of amides is 1. The zero-order valence-corrected chi connectivity index (χ0v) is 25.7. The maximum absolute atomic E-state index is 13.4. The van der Waals surface area contributed by atoms with Gasteiger partial charge in [-0.05, 0) is 99.2 Å². The Bertz CT molecular complexity index is 1770. The lowest BCUT2D eigenvalue weighted by Gasteiger charge is -2.45. The third-order valence-corrected chi connectivity index (χ3v) is 11.1. The zero-order chi connectivity index (χ0) is 29.7. The highest BCUT2D eigenvalue weighted by Gasteiger charge is 2.44. The first-order chi connectivity index (χ1) is 21.6. The lowest BCUT2D eigenvalue weighted by atomic mass is 9.70. The SMILES string of the molecule is Cc1nc2ccccc2n1C1CC2CCC(C1)N2CCC1(c2ccccc2)CCN(C(=O)Cc2ccc3[nH]cnc3c2)CC1. The van der Waals surface area contributed by atoms with Crippen molar-refractivity contribution in [2.75, 3.05) is 19.6 Å². The summed E-state index contributed by atoms with van der Waals surface area (Å²) in [5.74, 6) is 1.37. The number of nitrogens with zero attached hydrogens (tertiary/aromatic N) is 5. The molecule has 5 aromatic rings. The molecule has 3 saturated heterocycles. The normalized spacial score (nSPS) is 23.5. The van der Waals surface area contributed by atoms with Crippen LogP contribution in [0.1, 0.15) is 67.9 Å². The predicted molar refractivity (Wildman–Crippen MR) is 175 cm³/mol. The number of aromatic amines is 1. The van der Waals surface area contributed by atoms with E-state index >= 15 is 0 Å². The van der Waals surface area contributed by atoms with Crippen molar-refractivity contribution in [2.24, 2.45) is 0 Å². The van der Waals surface area contributed by atoms with Crippen LogP contribution in [-0.2, 0) is 16.6 Å². The highest BCUT2D eigenvalue weighted by Crippen LogP contribution is 2.45. The van der Waals surface area contributed by atoms with E-state index in [4.69, 9.17) is 4.98 Å². The van der Waals surface area contributed by atoms with Gasteiger partial charge in [0.1, 0.15) is 5.82 Å². The van der Waals surface area contributed by atoms with Crippen LogP contribution in [0, 0.1) is 6.92 Å². The number of rotatable bonds is 7. The van der Waals surface area contributed by atoms with Crippen molar-refractivity contribution >= 4 is 28.0 Å². The number of carbonyl (C=O) groups is 1. The standard InChI is InChI=1S/C37H42N6O/c1-26-40-33-9-5-6-10-35(33)43(26)31-23-29-12-13-30(24-31)42(29)20-17-37(28-7-3-2-4-8-28)15-18-41(19-16-37)36(44)22-27-11-14-32-34(21-27)39-25-38-32/h2-11,14,21,25,29-31H,12-13,15-20,22-24H2,1H3,(H,38,39). The predicted octanol–water partition coefficient (Wildman–Crippen LogP) is 6.58. The van der Waals surface area contributed by atoms with E-state index in [9.17, 15) is 4.79 Å². The van der Waals surface area contributed by atoms with E-state index in [1.54, 1.807) is 6.33 Å². The van der Waals surface area contributed by atoms with Crippen LogP contribution in [0.4, 0.5) is 0 Å². The van der Waals surface area contributed by atoms with Gasteiger partial charge in [-0.2, -0.15) is 0 Å². The van der Waals surface area contributed by atoms with Gasteiger partial charge in [0.15, 0.2) is 0 Å². The van der Waals surface area contributed by atoms with Gasteiger partial charge in [0.2, 0.25) is 5.91 Å². The number of likely N-dealkylation sites (tertiary alicyclic amines) is 1. The van der Waals surface area contributed by atoms with Crippen molar-refractivity contribution in [3.63, 3.8) is 0 Å². The van der Waals surface area contributed by atoms with E-state index in [1.807, 2.05) is 18.2 Å². The van der Waals surface area contributed by atoms with E-state index in [0.717, 1.165) is 66.8 Å². The van der Waals surface area contributed by atoms with Crippen LogP contribution >= 0.6 is 0 Å². The number of aryl methyl sites for hydroxylation is 1. The summed E-state index contributed by atoms with van der Waals surface area (Å²) in [6, 6.07) is 27.7. The smallest absolute Gasteiger partial charge is 0.226 e. The van der Waals surface area contributed by atoms with Crippen LogP contribution in [0.15, 0.2) is 79.1 Å². The summed E-state index contributed by atoms with van der Waals surface area (Å²) in [4.78, 5) is 30.8. The molecular formula is C37H42N6O. The molecule has 3 aliphatic rings. The summed E-state index contributed by atoms with van der Waals surface area (Å²) in [7, 11) is 0. The van der Waals surface area contributed by atoms with E-state index in [2.05, 4.69) is 85.9 Å². The maximum Gasteiger partial charge on any atom is 0.226 e. The van der Waals surface area contributed by atoms with E-state index in [0.29, 0.717) is 24.5 Å². The number of benzene rings is 3. The van der Waals surface area contributed by atoms with Gasteiger partial charge in [-0.25, -0.2) is 9.97 Å². The van der Waals surface area contributed by atoms with Crippen molar-refractivity contribution < 1.29 is 4.79 Å². The van der Waals surface area contributed by atoms with Crippen LogP contribution in [0.3, 0.4) is 0 Å². The van der Waals surface area contributed by atoms with Gasteiger partial charge in [0.05, 0.1) is 34.8 Å². The van der Waals surface area contributed by atoms with Crippen LogP contribution in [-0.4, -0.2) is 66.9 Å². The van der Waals surface area contributed by atoms with Gasteiger partial charge >= 0.3 is 0 Å². The Morgan fingerprint density at radius 3 is 2.45 bits per heavy atom. The fourth-order valence-electron chi connectivity index (χ4n) is 8.82. The van der Waals surface area contributed by atoms with Gasteiger partial charge in [0, 0.05) is 31.2 Å². The summed E-state index contributed by atoms with van der Waals surface area (Å²) in [5, 5.41) is 0. The second-order valence-corrected chi connectivity index (χ2v) is 13.5.